The fourth-order valence-electron chi connectivity index (χ4n) is 6.99. The molecule has 0 saturated carbocycles. The Labute approximate surface area is 319 Å². The van der Waals surface area contributed by atoms with Crippen molar-refractivity contribution >= 4 is 45.3 Å². The number of nitrogens with one attached hydrogen (secondary N) is 1. The van der Waals surface area contributed by atoms with Gasteiger partial charge in [0.05, 0.1) is 24.2 Å². The molecular weight excluding hydrogens is 710 g/mol. The van der Waals surface area contributed by atoms with Crippen LogP contribution in [0, 0.1) is 46.1 Å². The van der Waals surface area contributed by atoms with Gasteiger partial charge in [-0.25, -0.2) is 8.78 Å². The van der Waals surface area contributed by atoms with Gasteiger partial charge in [-0.15, -0.1) is 0 Å². The zero-order valence-electron chi connectivity index (χ0n) is 32.0. The van der Waals surface area contributed by atoms with E-state index in [1.807, 2.05) is 40.9 Å². The van der Waals surface area contributed by atoms with E-state index in [0.29, 0.717) is 65.5 Å². The van der Waals surface area contributed by atoms with Gasteiger partial charge in [0.15, 0.2) is 0 Å². The summed E-state index contributed by atoms with van der Waals surface area (Å²) in [6.45, 7) is 7.03. The van der Waals surface area contributed by atoms with Crippen molar-refractivity contribution in [2.75, 3.05) is 77.3 Å². The van der Waals surface area contributed by atoms with E-state index in [2.05, 4.69) is 39.1 Å². The summed E-state index contributed by atoms with van der Waals surface area (Å²) in [5.74, 6) is -1.12. The first-order chi connectivity index (χ1) is 26.1. The van der Waals surface area contributed by atoms with Crippen LogP contribution in [0.1, 0.15) is 37.8 Å². The number of carboxylic acid groups (broad SMARTS) is 1. The fraction of sp³-hybridized carbons (Fsp3) is 0.474. The van der Waals surface area contributed by atoms with Crippen molar-refractivity contribution in [3.63, 3.8) is 0 Å². The van der Waals surface area contributed by atoms with Gasteiger partial charge in [-0.2, -0.15) is 10.5 Å². The predicted molar refractivity (Wildman–Crippen MR) is 205 cm³/mol. The van der Waals surface area contributed by atoms with Crippen LogP contribution < -0.4 is 20.9 Å². The monoisotopic (exact) mass is 758 g/mol. The van der Waals surface area contributed by atoms with Gasteiger partial charge < -0.3 is 30.9 Å². The van der Waals surface area contributed by atoms with E-state index in [1.165, 1.54) is 36.9 Å². The second kappa shape index (κ2) is 19.1. The van der Waals surface area contributed by atoms with Crippen LogP contribution in [0.2, 0.25) is 0 Å². The van der Waals surface area contributed by atoms with E-state index in [4.69, 9.17) is 16.1 Å². The SMILES string of the molecule is CN(C)CC(=O)O.C[C@H]1C[C@@H](N)CN(c2c(F)cc(C#N)c3nccnc23)C1.C[C@H]1C[C@@H](NC(=O)CN(C)C)CN(c2c(F)cc(C#N)c3nccnc23)C1. The molecule has 1 amide bonds. The van der Waals surface area contributed by atoms with Crippen molar-refractivity contribution in [3.05, 3.63) is 59.7 Å². The Balaban J connectivity index is 0.000000213. The minimum atomic E-state index is -0.787. The molecule has 2 aliphatic heterocycles. The van der Waals surface area contributed by atoms with Crippen molar-refractivity contribution in [2.45, 2.75) is 38.8 Å². The number of aliphatic carboxylic acids is 1. The Kier molecular flexibility index (Phi) is 14.6. The molecule has 4 N–H and O–H groups in total. The maximum absolute atomic E-state index is 14.9. The van der Waals surface area contributed by atoms with Gasteiger partial charge in [-0.3, -0.25) is 34.4 Å². The van der Waals surface area contributed by atoms with E-state index in [1.54, 1.807) is 19.0 Å². The molecule has 15 nitrogen and oxygen atoms in total. The Hall–Kier alpha value is -5.62. The number of fused-ring (bicyclic) bond motifs is 2. The number of hydrogen-bond donors (Lipinski definition) is 3. The van der Waals surface area contributed by atoms with Gasteiger partial charge in [-0.05, 0) is 65.0 Å². The summed E-state index contributed by atoms with van der Waals surface area (Å²) < 4.78 is 29.4. The maximum Gasteiger partial charge on any atom is 0.317 e. The number of benzene rings is 2. The van der Waals surface area contributed by atoms with Crippen molar-refractivity contribution in [1.29, 1.82) is 10.5 Å². The van der Waals surface area contributed by atoms with Crippen molar-refractivity contribution < 1.29 is 23.5 Å². The molecule has 292 valence electrons. The minimum Gasteiger partial charge on any atom is -0.480 e. The van der Waals surface area contributed by atoms with Crippen molar-refractivity contribution in [2.24, 2.45) is 17.6 Å². The zero-order valence-corrected chi connectivity index (χ0v) is 32.0. The van der Waals surface area contributed by atoms with Crippen LogP contribution in [-0.4, -0.2) is 126 Å². The lowest BCUT2D eigenvalue weighted by Gasteiger charge is -2.38. The highest BCUT2D eigenvalue weighted by Gasteiger charge is 2.30. The summed E-state index contributed by atoms with van der Waals surface area (Å²) in [4.78, 5) is 46.1. The van der Waals surface area contributed by atoms with Crippen LogP contribution >= 0.6 is 0 Å². The molecule has 0 unspecified atom stereocenters. The molecule has 0 spiro atoms. The number of nitrogens with zero attached hydrogens (tertiary/aromatic N) is 10. The molecule has 17 heteroatoms. The largest absolute Gasteiger partial charge is 0.480 e. The standard InChI is InChI=1S/C19H23FN6O.C15H16FN5.C4H9NO2/c1-12-6-14(24-16(27)11-25(2)3)10-26(9-12)19-15(20)7-13(8-21)17-18(19)23-5-4-22-17;1-9-4-11(18)8-21(7-9)15-12(16)5-10(6-17)13-14(15)20-3-2-19-13;1-5(2)3-4(6)7/h4-5,7,12,14H,6,9-11H2,1-3H3,(H,24,27);2-3,5,9,11H,4,7-8,18H2,1H3;3H2,1-2H3,(H,6,7)/t12-,14+;9-,11+;/m00./s1. The number of piperidine rings is 2. The average molecular weight is 759 g/mol. The van der Waals surface area contributed by atoms with Gasteiger partial charge in [0.1, 0.15) is 57.2 Å². The summed E-state index contributed by atoms with van der Waals surface area (Å²) in [5.41, 5.74) is 8.79. The molecule has 2 aromatic heterocycles. The quantitative estimate of drug-likeness (QED) is 0.248. The number of carboxylic acids is 1. The number of amides is 1. The van der Waals surface area contributed by atoms with Gasteiger partial charge in [0.2, 0.25) is 5.91 Å². The van der Waals surface area contributed by atoms with Gasteiger partial charge >= 0.3 is 5.97 Å². The molecule has 55 heavy (non-hydrogen) atoms. The van der Waals surface area contributed by atoms with E-state index in [0.717, 1.165) is 19.4 Å². The molecule has 4 heterocycles. The van der Waals surface area contributed by atoms with Crippen LogP contribution in [0.15, 0.2) is 36.9 Å². The number of nitrogens with two attached hydrogens (primary N) is 1. The van der Waals surface area contributed by atoms with Crippen molar-refractivity contribution in [1.82, 2.24) is 35.1 Å². The average Bonchev–Trinajstić information content (AvgIpc) is 3.09. The van der Waals surface area contributed by atoms with Gasteiger partial charge in [0, 0.05) is 63.1 Å². The lowest BCUT2D eigenvalue weighted by atomic mass is 9.95. The molecule has 2 saturated heterocycles. The van der Waals surface area contributed by atoms with Crippen LogP contribution in [-0.2, 0) is 9.59 Å². The van der Waals surface area contributed by atoms with Gasteiger partial charge in [0.25, 0.3) is 0 Å². The third-order valence-corrected chi connectivity index (χ3v) is 8.85. The first-order valence-corrected chi connectivity index (χ1v) is 17.8. The highest BCUT2D eigenvalue weighted by molar-refractivity contribution is 5.93. The second-order valence-electron chi connectivity index (χ2n) is 14.6. The summed E-state index contributed by atoms with van der Waals surface area (Å²) >= 11 is 0. The highest BCUT2D eigenvalue weighted by atomic mass is 19.1. The third kappa shape index (κ3) is 11.2. The summed E-state index contributed by atoms with van der Waals surface area (Å²) in [5, 5.41) is 29.5. The van der Waals surface area contributed by atoms with E-state index in [9.17, 15) is 23.6 Å². The topological polar surface area (TPSA) is 205 Å². The Bertz CT molecular complexity index is 2060. The molecule has 4 atom stereocenters. The second-order valence-corrected chi connectivity index (χ2v) is 14.6. The lowest BCUT2D eigenvalue weighted by Crippen LogP contribution is -2.52. The molecule has 4 aromatic rings. The van der Waals surface area contributed by atoms with Gasteiger partial charge in [-0.1, -0.05) is 13.8 Å². The Morgan fingerprint density at radius 1 is 0.782 bits per heavy atom. The number of halogens is 2. The number of hydrogen-bond acceptors (Lipinski definition) is 13. The summed E-state index contributed by atoms with van der Waals surface area (Å²) in [7, 11) is 7.11. The fourth-order valence-corrected chi connectivity index (χ4v) is 6.99. The van der Waals surface area contributed by atoms with Crippen LogP contribution in [0.4, 0.5) is 20.2 Å². The number of nitriles is 2. The molecule has 0 radical (unpaired) electrons. The number of aromatic nitrogens is 4. The first-order valence-electron chi connectivity index (χ1n) is 17.8. The molecule has 0 bridgehead atoms. The molecule has 0 aliphatic carbocycles. The lowest BCUT2D eigenvalue weighted by molar-refractivity contribution is -0.137. The first kappa shape index (κ1) is 42.1. The van der Waals surface area contributed by atoms with Crippen LogP contribution in [0.3, 0.4) is 0 Å². The number of carbonyl (C=O) groups is 2. The third-order valence-electron chi connectivity index (χ3n) is 8.85. The summed E-state index contributed by atoms with van der Waals surface area (Å²) in [6.07, 6.45) is 7.77. The molecule has 2 aromatic carbocycles. The Morgan fingerprint density at radius 3 is 1.62 bits per heavy atom. The maximum atomic E-state index is 14.9. The summed E-state index contributed by atoms with van der Waals surface area (Å²) in [6, 6.07) is 6.33. The number of anilines is 2. The molecule has 6 rings (SSSR count). The predicted octanol–water partition coefficient (Wildman–Crippen LogP) is 2.98. The highest BCUT2D eigenvalue weighted by Crippen LogP contribution is 2.34. The normalized spacial score (nSPS) is 19.5. The molecule has 2 fully saturated rings. The number of carbonyl (C=O) groups excluding carboxylic acids is 1. The Morgan fingerprint density at radius 2 is 1.22 bits per heavy atom. The molecular formula is C38H48F2N12O3. The van der Waals surface area contributed by atoms with Crippen LogP contribution in [0.5, 0.6) is 0 Å². The van der Waals surface area contributed by atoms with Crippen LogP contribution in [0.25, 0.3) is 22.1 Å². The molecule has 2 aliphatic rings. The van der Waals surface area contributed by atoms with E-state index < -0.39 is 17.6 Å². The number of likely N-dealkylation sites (N-methyl/N-ethyl adjacent to an activating group) is 2. The number of rotatable bonds is 7. The minimum absolute atomic E-state index is 0.00974. The van der Waals surface area contributed by atoms with E-state index in [-0.39, 0.29) is 41.6 Å². The van der Waals surface area contributed by atoms with Crippen molar-refractivity contribution in [3.8, 4) is 12.1 Å². The van der Waals surface area contributed by atoms with E-state index >= 15 is 0 Å². The zero-order chi connectivity index (χ0) is 40.4. The smallest absolute Gasteiger partial charge is 0.317 e.